The van der Waals surface area contributed by atoms with Crippen molar-refractivity contribution < 1.29 is 0 Å². The maximum atomic E-state index is 2.63. The first-order valence-electron chi connectivity index (χ1n) is 17.9. The lowest BCUT2D eigenvalue weighted by atomic mass is 9.65. The zero-order valence-electron chi connectivity index (χ0n) is 28.0. The molecule has 0 fully saturated rings. The summed E-state index contributed by atoms with van der Waals surface area (Å²) in [5.74, 6) is 0. The largest absolute Gasteiger partial charge is 0.309 e. The highest BCUT2D eigenvalue weighted by Crippen LogP contribution is 2.60. The summed E-state index contributed by atoms with van der Waals surface area (Å²) in [5.41, 5.74) is 11.4. The minimum atomic E-state index is -2.81. The highest BCUT2D eigenvalue weighted by atomic mass is 28.3. The maximum absolute atomic E-state index is 2.81. The fourth-order valence-electron chi connectivity index (χ4n) is 9.86. The van der Waals surface area contributed by atoms with Crippen LogP contribution in [0, 0.1) is 0 Å². The predicted molar refractivity (Wildman–Crippen MR) is 215 cm³/mol. The van der Waals surface area contributed by atoms with Crippen molar-refractivity contribution in [1.82, 2.24) is 4.57 Å². The van der Waals surface area contributed by atoms with Gasteiger partial charge in [0.1, 0.15) is 0 Å². The number of benzene rings is 8. The quantitative estimate of drug-likeness (QED) is 0.131. The van der Waals surface area contributed by atoms with Crippen LogP contribution in [0.5, 0.6) is 0 Å². The van der Waals surface area contributed by atoms with E-state index in [1.54, 1.807) is 0 Å². The Balaban J connectivity index is 1.36. The number of hydrogen-bond donors (Lipinski definition) is 0. The fourth-order valence-corrected chi connectivity index (χ4v) is 14.6. The average Bonchev–Trinajstić information content (AvgIpc) is 3.70. The molecule has 9 aromatic rings. The molecule has 1 aliphatic heterocycles. The molecule has 2 heterocycles. The molecule has 0 radical (unpaired) electrons. The van der Waals surface area contributed by atoms with Gasteiger partial charge >= 0.3 is 0 Å². The van der Waals surface area contributed by atoms with E-state index in [0.717, 1.165) is 0 Å². The molecule has 1 aliphatic carbocycles. The lowest BCUT2D eigenvalue weighted by Gasteiger charge is -2.41. The van der Waals surface area contributed by atoms with E-state index in [0.29, 0.717) is 0 Å². The van der Waals surface area contributed by atoms with E-state index in [-0.39, 0.29) is 0 Å². The summed E-state index contributed by atoms with van der Waals surface area (Å²) in [6, 6.07) is 75.7. The maximum Gasteiger partial charge on any atom is 0.179 e. The average molecular weight is 664 g/mol. The Morgan fingerprint density at radius 1 is 0.353 bits per heavy atom. The second-order valence-corrected chi connectivity index (χ2v) is 17.8. The second kappa shape index (κ2) is 10.6. The van der Waals surface area contributed by atoms with Gasteiger partial charge < -0.3 is 4.57 Å². The molecule has 1 aromatic heterocycles. The van der Waals surface area contributed by atoms with E-state index >= 15 is 0 Å². The van der Waals surface area contributed by atoms with Crippen molar-refractivity contribution in [3.05, 3.63) is 222 Å². The first kappa shape index (κ1) is 28.6. The van der Waals surface area contributed by atoms with Crippen molar-refractivity contribution in [2.45, 2.75) is 5.41 Å². The van der Waals surface area contributed by atoms with Crippen molar-refractivity contribution in [1.29, 1.82) is 0 Å². The molecule has 0 unspecified atom stereocenters. The Bertz CT molecular complexity index is 2650. The number of rotatable bonds is 4. The highest BCUT2D eigenvalue weighted by Gasteiger charge is 2.52. The van der Waals surface area contributed by atoms with E-state index in [4.69, 9.17) is 0 Å². The Hall–Kier alpha value is -6.22. The zero-order valence-corrected chi connectivity index (χ0v) is 29.0. The first-order valence-corrected chi connectivity index (χ1v) is 19.9. The molecule has 2 heteroatoms. The molecule has 1 nitrogen and oxygen atoms in total. The van der Waals surface area contributed by atoms with E-state index in [2.05, 4.69) is 205 Å². The summed E-state index contributed by atoms with van der Waals surface area (Å²) in [7, 11) is -2.81. The minimum absolute atomic E-state index is 0.493. The van der Waals surface area contributed by atoms with E-state index < -0.39 is 13.5 Å². The molecular weight excluding hydrogens is 631 g/mol. The Morgan fingerprint density at radius 2 is 0.843 bits per heavy atom. The summed E-state index contributed by atoms with van der Waals surface area (Å²) in [6.07, 6.45) is 0. The van der Waals surface area contributed by atoms with Crippen molar-refractivity contribution in [3.8, 4) is 16.8 Å². The topological polar surface area (TPSA) is 4.93 Å². The van der Waals surface area contributed by atoms with Crippen LogP contribution in [0.2, 0.25) is 0 Å². The summed E-state index contributed by atoms with van der Waals surface area (Å²) >= 11 is 0. The monoisotopic (exact) mass is 663 g/mol. The lowest BCUT2D eigenvalue weighted by molar-refractivity contribution is 0.749. The molecule has 0 atom stereocenters. The number of hydrogen-bond acceptors (Lipinski definition) is 0. The summed E-state index contributed by atoms with van der Waals surface area (Å²) in [4.78, 5) is 0. The number of nitrogens with zero attached hydrogens (tertiary/aromatic N) is 1. The molecule has 8 aromatic carbocycles. The van der Waals surface area contributed by atoms with Gasteiger partial charge in [0, 0.05) is 10.8 Å². The van der Waals surface area contributed by atoms with Crippen LogP contribution in [0.1, 0.15) is 22.3 Å². The Morgan fingerprint density at radius 3 is 1.45 bits per heavy atom. The van der Waals surface area contributed by atoms with Gasteiger partial charge in [0.05, 0.1) is 22.1 Å². The van der Waals surface area contributed by atoms with Gasteiger partial charge in [0.15, 0.2) is 8.07 Å². The third-order valence-corrected chi connectivity index (χ3v) is 16.5. The van der Waals surface area contributed by atoms with Crippen LogP contribution < -0.4 is 20.7 Å². The lowest BCUT2D eigenvalue weighted by Crippen LogP contribution is -2.74. The van der Waals surface area contributed by atoms with Crippen molar-refractivity contribution in [2.75, 3.05) is 0 Å². The molecule has 51 heavy (non-hydrogen) atoms. The fraction of sp³-hybridized carbons (Fsp3) is 0.0204. The third kappa shape index (κ3) is 3.60. The number of fused-ring (bicyclic) bond motifs is 12. The standard InChI is InChI=1S/C49H33NSi/c1-4-17-34(18-5-1)51(35-19-6-2-7-20-35,36-21-8-3-9-22-36)37-31-32-47-45(33-37)49(42-27-13-10-23-38(42)39-24-11-14-28-43(39)49)44-29-16-26-41-40-25-12-15-30-46(40)50(47)48(41)44/h1-33H. The van der Waals surface area contributed by atoms with Crippen LogP contribution in [-0.4, -0.2) is 12.6 Å². The zero-order chi connectivity index (χ0) is 33.6. The minimum Gasteiger partial charge on any atom is -0.309 e. The van der Waals surface area contributed by atoms with Crippen LogP contribution in [0.4, 0.5) is 0 Å². The molecule has 238 valence electrons. The van der Waals surface area contributed by atoms with Crippen LogP contribution in [-0.2, 0) is 5.41 Å². The molecule has 0 N–H and O–H groups in total. The molecule has 0 bridgehead atoms. The number of para-hydroxylation sites is 2. The van der Waals surface area contributed by atoms with Gasteiger partial charge in [-0.1, -0.05) is 188 Å². The highest BCUT2D eigenvalue weighted by molar-refractivity contribution is 7.19. The molecule has 0 amide bonds. The Labute approximate surface area is 298 Å². The van der Waals surface area contributed by atoms with Gasteiger partial charge in [0.25, 0.3) is 0 Å². The molecule has 2 aliphatic rings. The van der Waals surface area contributed by atoms with Gasteiger partial charge in [-0.15, -0.1) is 0 Å². The molecule has 0 saturated heterocycles. The second-order valence-electron chi connectivity index (χ2n) is 14.0. The van der Waals surface area contributed by atoms with Gasteiger partial charge in [-0.2, -0.15) is 0 Å². The van der Waals surface area contributed by atoms with Crippen molar-refractivity contribution in [3.63, 3.8) is 0 Å². The van der Waals surface area contributed by atoms with E-state index in [9.17, 15) is 0 Å². The van der Waals surface area contributed by atoms with Crippen molar-refractivity contribution in [2.24, 2.45) is 0 Å². The van der Waals surface area contributed by atoms with Crippen LogP contribution in [0.25, 0.3) is 38.6 Å². The van der Waals surface area contributed by atoms with Gasteiger partial charge in [-0.3, -0.25) is 0 Å². The predicted octanol–water partition coefficient (Wildman–Crippen LogP) is 8.84. The van der Waals surface area contributed by atoms with Gasteiger partial charge in [-0.05, 0) is 66.3 Å². The van der Waals surface area contributed by atoms with E-state index in [1.807, 2.05) is 0 Å². The van der Waals surface area contributed by atoms with Crippen LogP contribution in [0.15, 0.2) is 200 Å². The smallest absolute Gasteiger partial charge is 0.179 e. The molecular formula is C49H33NSi. The van der Waals surface area contributed by atoms with Crippen LogP contribution in [0.3, 0.4) is 0 Å². The van der Waals surface area contributed by atoms with Crippen LogP contribution >= 0.6 is 0 Å². The third-order valence-electron chi connectivity index (χ3n) is 11.7. The summed E-state index contributed by atoms with van der Waals surface area (Å²) in [5, 5.41) is 8.14. The van der Waals surface area contributed by atoms with E-state index in [1.165, 1.54) is 81.6 Å². The first-order chi connectivity index (χ1) is 25.3. The molecule has 1 spiro atoms. The normalized spacial score (nSPS) is 13.6. The summed E-state index contributed by atoms with van der Waals surface area (Å²) in [6.45, 7) is 0. The molecule has 0 saturated carbocycles. The Kier molecular flexibility index (Phi) is 5.97. The summed E-state index contributed by atoms with van der Waals surface area (Å²) < 4.78 is 2.56. The van der Waals surface area contributed by atoms with Gasteiger partial charge in [-0.25, -0.2) is 0 Å². The van der Waals surface area contributed by atoms with Crippen molar-refractivity contribution >= 4 is 50.6 Å². The molecule has 11 rings (SSSR count). The SMILES string of the molecule is c1ccc([Si](c2ccccc2)(c2ccccc2)c2ccc3c(c2)C2(c4ccccc4-c4ccccc42)c2cccc4c5ccccc5n-3c24)cc1. The number of aromatic nitrogens is 1. The van der Waals surface area contributed by atoms with Gasteiger partial charge in [0.2, 0.25) is 0 Å².